The number of allylic oxidation sites excluding steroid dienone is 3. The summed E-state index contributed by atoms with van der Waals surface area (Å²) in [4.78, 5) is 12.3. The predicted octanol–water partition coefficient (Wildman–Crippen LogP) is 8.98. The second-order valence-corrected chi connectivity index (χ2v) is 13.0. The summed E-state index contributed by atoms with van der Waals surface area (Å²) in [5.41, 5.74) is 2.96. The van der Waals surface area contributed by atoms with Crippen LogP contribution in [0.1, 0.15) is 136 Å². The van der Waals surface area contributed by atoms with Gasteiger partial charge in [-0.25, -0.2) is 4.79 Å². The van der Waals surface area contributed by atoms with Crippen LogP contribution in [-0.4, -0.2) is 49.1 Å². The van der Waals surface area contributed by atoms with Crippen LogP contribution >= 0.6 is 0 Å². The second kappa shape index (κ2) is 18.2. The average molecular weight is 603 g/mol. The minimum atomic E-state index is -1.13. The van der Waals surface area contributed by atoms with E-state index < -0.39 is 18.5 Å². The fourth-order valence-corrected chi connectivity index (χ4v) is 7.05. The van der Waals surface area contributed by atoms with Crippen LogP contribution in [0, 0.1) is 11.8 Å². The number of carbonyl (C=O) groups is 1. The molecule has 0 bridgehead atoms. The lowest BCUT2D eigenvalue weighted by Gasteiger charge is -2.27. The van der Waals surface area contributed by atoms with Gasteiger partial charge < -0.3 is 28.8 Å². The Morgan fingerprint density at radius 1 is 0.907 bits per heavy atom. The third kappa shape index (κ3) is 11.2. The number of ether oxygens (including phenoxy) is 5. The van der Waals surface area contributed by atoms with Crippen molar-refractivity contribution < 1.29 is 33.6 Å². The number of carboxylic acid groups (broad SMARTS) is 1. The van der Waals surface area contributed by atoms with Gasteiger partial charge >= 0.3 is 5.97 Å². The molecule has 4 rings (SSSR count). The third-order valence-electron chi connectivity index (χ3n) is 9.86. The number of rotatable bonds is 19. The van der Waals surface area contributed by atoms with Crippen LogP contribution in [0.25, 0.3) is 0 Å². The smallest absolute Gasteiger partial charge is 0.374 e. The summed E-state index contributed by atoms with van der Waals surface area (Å²) < 4.78 is 29.7. The molecule has 1 saturated carbocycles. The van der Waals surface area contributed by atoms with Crippen molar-refractivity contribution in [2.75, 3.05) is 13.2 Å². The highest BCUT2D eigenvalue weighted by atomic mass is 16.7. The van der Waals surface area contributed by atoms with Crippen molar-refractivity contribution in [2.24, 2.45) is 11.8 Å². The lowest BCUT2D eigenvalue weighted by Crippen LogP contribution is -2.28. The molecule has 3 saturated heterocycles. The normalized spacial score (nSPS) is 29.6. The standard InChI is InChI=1S/C36H58O7/c1-4-27(5-2)16-10-8-6-7-9-11-17-28-21-20-26(3)29(28)24-30-31(41-30)25-32(42-33-18-12-14-22-39-33)35(36(37)38)43-34-19-13-15-23-40-34/h16,28-31,33-34H,3-15,17-25H2,1-2H3,(H,37,38)/t28-,29-,30+,31?,33?,34?/m0/s1. The van der Waals surface area contributed by atoms with Gasteiger partial charge in [0.2, 0.25) is 5.76 Å². The fourth-order valence-electron chi connectivity index (χ4n) is 7.05. The summed E-state index contributed by atoms with van der Waals surface area (Å²) in [6, 6.07) is 0. The van der Waals surface area contributed by atoms with E-state index in [1.165, 1.54) is 69.8 Å². The first-order chi connectivity index (χ1) is 21.0. The van der Waals surface area contributed by atoms with E-state index in [1.54, 1.807) is 5.57 Å². The van der Waals surface area contributed by atoms with Gasteiger partial charge in [-0.15, -0.1) is 0 Å². The van der Waals surface area contributed by atoms with Gasteiger partial charge in [0.15, 0.2) is 18.3 Å². The third-order valence-corrected chi connectivity index (χ3v) is 9.86. The fraction of sp³-hybridized carbons (Fsp3) is 0.806. The van der Waals surface area contributed by atoms with Crippen molar-refractivity contribution in [3.63, 3.8) is 0 Å². The largest absolute Gasteiger partial charge is 0.475 e. The molecule has 0 spiro atoms. The second-order valence-electron chi connectivity index (χ2n) is 13.0. The lowest BCUT2D eigenvalue weighted by molar-refractivity contribution is -0.170. The first-order valence-electron chi connectivity index (χ1n) is 17.5. The van der Waals surface area contributed by atoms with Gasteiger partial charge in [0.05, 0.1) is 25.4 Å². The Bertz CT molecular complexity index is 922. The maximum Gasteiger partial charge on any atom is 0.374 e. The molecule has 3 aliphatic heterocycles. The van der Waals surface area contributed by atoms with E-state index >= 15 is 0 Å². The average Bonchev–Trinajstić information content (AvgIpc) is 3.67. The molecule has 0 amide bonds. The Labute approximate surface area is 260 Å². The van der Waals surface area contributed by atoms with Gasteiger partial charge in [-0.05, 0) is 88.9 Å². The van der Waals surface area contributed by atoms with Crippen molar-refractivity contribution in [3.8, 4) is 0 Å². The Hall–Kier alpha value is -1.83. The molecule has 7 nitrogen and oxygen atoms in total. The van der Waals surface area contributed by atoms with E-state index in [0.29, 0.717) is 43.7 Å². The molecule has 0 aromatic heterocycles. The Balaban J connectivity index is 1.25. The van der Waals surface area contributed by atoms with Gasteiger partial charge in [0.1, 0.15) is 0 Å². The lowest BCUT2D eigenvalue weighted by atomic mass is 9.85. The van der Waals surface area contributed by atoms with Crippen LogP contribution in [0.4, 0.5) is 0 Å². The molecule has 6 atom stereocenters. The van der Waals surface area contributed by atoms with Crippen molar-refractivity contribution >= 4 is 5.97 Å². The van der Waals surface area contributed by atoms with Crippen LogP contribution < -0.4 is 0 Å². The van der Waals surface area contributed by atoms with E-state index in [1.807, 2.05) is 0 Å². The summed E-state index contributed by atoms with van der Waals surface area (Å²) in [7, 11) is 0. The summed E-state index contributed by atoms with van der Waals surface area (Å²) in [5.74, 6) is 0.192. The predicted molar refractivity (Wildman–Crippen MR) is 168 cm³/mol. The highest BCUT2D eigenvalue weighted by Crippen LogP contribution is 2.46. The number of epoxide rings is 1. The molecule has 1 aliphatic carbocycles. The molecule has 0 aromatic carbocycles. The van der Waals surface area contributed by atoms with Crippen molar-refractivity contribution in [1.82, 2.24) is 0 Å². The minimum absolute atomic E-state index is 0.0761. The minimum Gasteiger partial charge on any atom is -0.475 e. The molecule has 3 heterocycles. The highest BCUT2D eigenvalue weighted by Gasteiger charge is 2.45. The molecule has 0 aromatic rings. The number of carboxylic acids is 1. The van der Waals surface area contributed by atoms with E-state index in [9.17, 15) is 9.90 Å². The number of hydrogen-bond donors (Lipinski definition) is 1. The molecular weight excluding hydrogens is 544 g/mol. The first-order valence-corrected chi connectivity index (χ1v) is 17.5. The summed E-state index contributed by atoms with van der Waals surface area (Å²) >= 11 is 0. The van der Waals surface area contributed by atoms with Crippen LogP contribution in [0.2, 0.25) is 0 Å². The maximum atomic E-state index is 12.3. The highest BCUT2D eigenvalue weighted by molar-refractivity contribution is 5.84. The maximum absolute atomic E-state index is 12.3. The molecule has 0 radical (unpaired) electrons. The van der Waals surface area contributed by atoms with Crippen LogP contribution in [0.5, 0.6) is 0 Å². The molecular formula is C36H58O7. The van der Waals surface area contributed by atoms with Crippen molar-refractivity contribution in [3.05, 3.63) is 35.3 Å². The van der Waals surface area contributed by atoms with Crippen molar-refractivity contribution in [1.29, 1.82) is 0 Å². The molecule has 4 fully saturated rings. The van der Waals surface area contributed by atoms with Gasteiger partial charge in [-0.3, -0.25) is 0 Å². The Morgan fingerprint density at radius 2 is 1.58 bits per heavy atom. The number of hydrogen-bond acceptors (Lipinski definition) is 6. The molecule has 4 aliphatic rings. The SMILES string of the molecule is C=C1CC[C@H](CCCCCCCC=C(CC)CC)[C@H]1C[C@H]1OC1CC(OC1CCCCO1)=C(OC1CCCCO1)C(=O)O. The van der Waals surface area contributed by atoms with E-state index in [-0.39, 0.29) is 18.0 Å². The zero-order chi connectivity index (χ0) is 30.4. The zero-order valence-corrected chi connectivity index (χ0v) is 27.0. The van der Waals surface area contributed by atoms with Gasteiger partial charge in [0, 0.05) is 19.3 Å². The topological polar surface area (TPSA) is 86.8 Å². The van der Waals surface area contributed by atoms with E-state index in [4.69, 9.17) is 23.7 Å². The monoisotopic (exact) mass is 602 g/mol. The summed E-state index contributed by atoms with van der Waals surface area (Å²) in [6.07, 6.45) is 21.9. The summed E-state index contributed by atoms with van der Waals surface area (Å²) in [5, 5.41) is 10.1. The van der Waals surface area contributed by atoms with E-state index in [2.05, 4.69) is 26.5 Å². The van der Waals surface area contributed by atoms with Gasteiger partial charge in [-0.1, -0.05) is 63.3 Å². The Kier molecular flexibility index (Phi) is 14.4. The zero-order valence-electron chi connectivity index (χ0n) is 27.0. The summed E-state index contributed by atoms with van der Waals surface area (Å²) in [6.45, 7) is 10.1. The molecule has 244 valence electrons. The molecule has 7 heteroatoms. The quantitative estimate of drug-likeness (QED) is 0.0519. The van der Waals surface area contributed by atoms with Gasteiger partial charge in [0.25, 0.3) is 0 Å². The van der Waals surface area contributed by atoms with Gasteiger partial charge in [-0.2, -0.15) is 0 Å². The van der Waals surface area contributed by atoms with Crippen molar-refractivity contribution in [2.45, 2.75) is 161 Å². The number of aliphatic carboxylic acids is 1. The number of unbranched alkanes of at least 4 members (excludes halogenated alkanes) is 5. The van der Waals surface area contributed by atoms with Crippen LogP contribution in [-0.2, 0) is 28.5 Å². The van der Waals surface area contributed by atoms with E-state index in [0.717, 1.165) is 44.9 Å². The molecule has 1 N–H and O–H groups in total. The molecule has 43 heavy (non-hydrogen) atoms. The van der Waals surface area contributed by atoms with Crippen LogP contribution in [0.3, 0.4) is 0 Å². The Morgan fingerprint density at radius 3 is 2.23 bits per heavy atom. The van der Waals surface area contributed by atoms with Crippen LogP contribution in [0.15, 0.2) is 35.3 Å². The first kappa shape index (κ1) is 34.1. The molecule has 3 unspecified atom stereocenters.